The number of anilines is 1. The van der Waals surface area contributed by atoms with Gasteiger partial charge in [0.15, 0.2) is 5.58 Å². The quantitative estimate of drug-likeness (QED) is 0.197. The first-order valence-electron chi connectivity index (χ1n) is 8.78. The minimum atomic E-state index is -0.477. The Labute approximate surface area is 189 Å². The number of non-ortho nitro benzene ring substituents is 1. The van der Waals surface area contributed by atoms with Gasteiger partial charge in [0.25, 0.3) is 5.69 Å². The maximum absolute atomic E-state index is 12.3. The highest BCUT2D eigenvalue weighted by Crippen LogP contribution is 2.32. The second-order valence-electron chi connectivity index (χ2n) is 6.47. The van der Waals surface area contributed by atoms with Crippen LogP contribution >= 0.6 is 34.2 Å². The molecule has 4 aromatic rings. The Hall–Kier alpha value is -2.98. The molecule has 3 aromatic carbocycles. The van der Waals surface area contributed by atoms with Gasteiger partial charge in [-0.2, -0.15) is 0 Å². The molecule has 7 nitrogen and oxygen atoms in total. The fourth-order valence-electron chi connectivity index (χ4n) is 2.91. The first kappa shape index (κ1) is 20.3. The third-order valence-electron chi connectivity index (χ3n) is 4.34. The van der Waals surface area contributed by atoms with Gasteiger partial charge in [-0.3, -0.25) is 14.9 Å². The molecule has 0 radical (unpaired) electrons. The third-order valence-corrected chi connectivity index (χ3v) is 5.34. The molecular weight excluding hydrogens is 521 g/mol. The Balaban J connectivity index is 1.51. The Kier molecular flexibility index (Phi) is 5.69. The summed E-state index contributed by atoms with van der Waals surface area (Å²) in [5, 5.41) is 14.1. The fourth-order valence-corrected chi connectivity index (χ4v) is 3.60. The number of carbonyl (C=O) groups is 1. The summed E-state index contributed by atoms with van der Waals surface area (Å²) in [5.41, 5.74) is 3.10. The summed E-state index contributed by atoms with van der Waals surface area (Å²) in [6.45, 7) is 0. The van der Waals surface area contributed by atoms with Gasteiger partial charge in [0.2, 0.25) is 11.8 Å². The van der Waals surface area contributed by atoms with Crippen molar-refractivity contribution in [2.75, 3.05) is 5.32 Å². The van der Waals surface area contributed by atoms with Crippen molar-refractivity contribution in [2.45, 2.75) is 6.42 Å². The van der Waals surface area contributed by atoms with Crippen molar-refractivity contribution >= 4 is 62.6 Å². The molecule has 30 heavy (non-hydrogen) atoms. The summed E-state index contributed by atoms with van der Waals surface area (Å²) in [5.74, 6) is 0.162. The van der Waals surface area contributed by atoms with Crippen LogP contribution in [-0.4, -0.2) is 15.8 Å². The minimum absolute atomic E-state index is 0.0142. The van der Waals surface area contributed by atoms with Crippen LogP contribution in [0.25, 0.3) is 22.6 Å². The van der Waals surface area contributed by atoms with Crippen molar-refractivity contribution < 1.29 is 14.1 Å². The van der Waals surface area contributed by atoms with Crippen molar-refractivity contribution in [3.05, 3.63) is 84.9 Å². The molecule has 1 aromatic heterocycles. The molecule has 0 unspecified atom stereocenters. The molecule has 1 heterocycles. The van der Waals surface area contributed by atoms with Crippen LogP contribution in [0.2, 0.25) is 5.02 Å². The van der Waals surface area contributed by atoms with Crippen LogP contribution < -0.4 is 5.32 Å². The van der Waals surface area contributed by atoms with Crippen molar-refractivity contribution in [1.29, 1.82) is 0 Å². The van der Waals surface area contributed by atoms with E-state index in [1.54, 1.807) is 36.4 Å². The summed E-state index contributed by atoms with van der Waals surface area (Å²) in [6.07, 6.45) is 0.0954. The molecule has 0 bridgehead atoms. The third kappa shape index (κ3) is 4.44. The number of carbonyl (C=O) groups excluding carboxylic acids is 1. The van der Waals surface area contributed by atoms with E-state index in [0.717, 1.165) is 3.57 Å². The number of oxazole rings is 1. The van der Waals surface area contributed by atoms with Crippen molar-refractivity contribution in [2.24, 2.45) is 0 Å². The van der Waals surface area contributed by atoms with Crippen LogP contribution in [0.15, 0.2) is 65.1 Å². The molecule has 0 saturated carbocycles. The molecule has 0 aliphatic carbocycles. The zero-order valence-electron chi connectivity index (χ0n) is 15.3. The van der Waals surface area contributed by atoms with E-state index >= 15 is 0 Å². The molecule has 0 spiro atoms. The molecule has 0 saturated heterocycles. The summed E-state index contributed by atoms with van der Waals surface area (Å²) in [7, 11) is 0. The molecule has 0 fully saturated rings. The number of benzene rings is 3. The van der Waals surface area contributed by atoms with E-state index in [1.165, 1.54) is 12.1 Å². The lowest BCUT2D eigenvalue weighted by Gasteiger charge is -2.05. The smallest absolute Gasteiger partial charge is 0.269 e. The Morgan fingerprint density at radius 3 is 2.63 bits per heavy atom. The largest absolute Gasteiger partial charge is 0.436 e. The van der Waals surface area contributed by atoms with E-state index < -0.39 is 4.92 Å². The lowest BCUT2D eigenvalue weighted by molar-refractivity contribution is -0.384. The number of nitro benzene ring substituents is 1. The van der Waals surface area contributed by atoms with Crippen LogP contribution in [-0.2, 0) is 11.2 Å². The molecule has 1 amide bonds. The average Bonchev–Trinajstić information content (AvgIpc) is 3.13. The zero-order chi connectivity index (χ0) is 21.3. The van der Waals surface area contributed by atoms with E-state index in [0.29, 0.717) is 38.8 Å². The molecule has 0 aliphatic rings. The fraction of sp³-hybridized carbons (Fsp3) is 0.0476. The standard InChI is InChI=1S/C21H13ClIN3O4/c22-17-7-3-13(23)10-16(17)21-25-18-11-14(4-8-19(18)30-21)24-20(27)9-12-1-5-15(6-2-12)26(28)29/h1-8,10-11H,9H2,(H,24,27). The average molecular weight is 534 g/mol. The Morgan fingerprint density at radius 2 is 1.90 bits per heavy atom. The van der Waals surface area contributed by atoms with Crippen molar-refractivity contribution in [3.63, 3.8) is 0 Å². The first-order chi connectivity index (χ1) is 14.4. The molecule has 4 rings (SSSR count). The van der Waals surface area contributed by atoms with Crippen LogP contribution in [0.3, 0.4) is 0 Å². The number of nitrogens with one attached hydrogen (secondary N) is 1. The van der Waals surface area contributed by atoms with E-state index in [1.807, 2.05) is 12.1 Å². The van der Waals surface area contributed by atoms with Gasteiger partial charge in [0.05, 0.1) is 21.9 Å². The lowest BCUT2D eigenvalue weighted by atomic mass is 10.1. The highest BCUT2D eigenvalue weighted by Gasteiger charge is 2.14. The van der Waals surface area contributed by atoms with Gasteiger partial charge in [-0.1, -0.05) is 23.7 Å². The molecule has 150 valence electrons. The second kappa shape index (κ2) is 8.41. The van der Waals surface area contributed by atoms with Gasteiger partial charge >= 0.3 is 0 Å². The topological polar surface area (TPSA) is 98.3 Å². The van der Waals surface area contributed by atoms with Gasteiger partial charge < -0.3 is 9.73 Å². The van der Waals surface area contributed by atoms with Gasteiger partial charge in [0.1, 0.15) is 5.52 Å². The highest BCUT2D eigenvalue weighted by molar-refractivity contribution is 14.1. The van der Waals surface area contributed by atoms with E-state index in [4.69, 9.17) is 16.0 Å². The lowest BCUT2D eigenvalue weighted by Crippen LogP contribution is -2.14. The van der Waals surface area contributed by atoms with E-state index in [9.17, 15) is 14.9 Å². The van der Waals surface area contributed by atoms with Gasteiger partial charge in [-0.15, -0.1) is 0 Å². The summed E-state index contributed by atoms with van der Waals surface area (Å²) in [4.78, 5) is 27.1. The van der Waals surface area contributed by atoms with Crippen molar-refractivity contribution in [3.8, 4) is 11.5 Å². The molecular formula is C21H13ClIN3O4. The summed E-state index contributed by atoms with van der Waals surface area (Å²) in [6, 6.07) is 16.6. The van der Waals surface area contributed by atoms with Crippen LogP contribution in [0, 0.1) is 13.7 Å². The van der Waals surface area contributed by atoms with E-state index in [2.05, 4.69) is 32.9 Å². The van der Waals surface area contributed by atoms with Crippen LogP contribution in [0.1, 0.15) is 5.56 Å². The SMILES string of the molecule is O=C(Cc1ccc([N+](=O)[O-])cc1)Nc1ccc2oc(-c3cc(I)ccc3Cl)nc2c1. The van der Waals surface area contributed by atoms with Crippen LogP contribution in [0.4, 0.5) is 11.4 Å². The monoisotopic (exact) mass is 533 g/mol. The number of rotatable bonds is 5. The second-order valence-corrected chi connectivity index (χ2v) is 8.13. The number of nitrogens with zero attached hydrogens (tertiary/aromatic N) is 2. The number of halogens is 2. The zero-order valence-corrected chi connectivity index (χ0v) is 18.2. The van der Waals surface area contributed by atoms with Gasteiger partial charge in [-0.05, 0) is 64.6 Å². The minimum Gasteiger partial charge on any atom is -0.436 e. The number of fused-ring (bicyclic) bond motifs is 1. The number of hydrogen-bond acceptors (Lipinski definition) is 5. The maximum atomic E-state index is 12.3. The molecule has 1 N–H and O–H groups in total. The maximum Gasteiger partial charge on any atom is 0.269 e. The van der Waals surface area contributed by atoms with Gasteiger partial charge in [-0.25, -0.2) is 4.98 Å². The number of aromatic nitrogens is 1. The number of amides is 1. The first-order valence-corrected chi connectivity index (χ1v) is 10.2. The predicted octanol–water partition coefficient (Wildman–Crippen LogP) is 5.84. The molecule has 0 atom stereocenters. The Bertz CT molecular complexity index is 1270. The van der Waals surface area contributed by atoms with Gasteiger partial charge in [0, 0.05) is 21.4 Å². The number of nitro groups is 1. The van der Waals surface area contributed by atoms with Crippen molar-refractivity contribution in [1.82, 2.24) is 4.98 Å². The molecule has 0 aliphatic heterocycles. The summed E-state index contributed by atoms with van der Waals surface area (Å²) >= 11 is 8.46. The highest BCUT2D eigenvalue weighted by atomic mass is 127. The van der Waals surface area contributed by atoms with E-state index in [-0.39, 0.29) is 18.0 Å². The Morgan fingerprint density at radius 1 is 1.13 bits per heavy atom. The summed E-state index contributed by atoms with van der Waals surface area (Å²) < 4.78 is 6.82. The van der Waals surface area contributed by atoms with Crippen LogP contribution in [0.5, 0.6) is 0 Å². The number of hydrogen-bond donors (Lipinski definition) is 1. The molecule has 9 heteroatoms. The predicted molar refractivity (Wildman–Crippen MR) is 123 cm³/mol. The normalized spacial score (nSPS) is 10.9.